The van der Waals surface area contributed by atoms with Crippen LogP contribution in [0.5, 0.6) is 5.75 Å². The molecule has 2 aromatic rings. The number of rotatable bonds is 9. The summed E-state index contributed by atoms with van der Waals surface area (Å²) in [5, 5.41) is 14.9. The summed E-state index contributed by atoms with van der Waals surface area (Å²) in [5.41, 5.74) is 3.42. The van der Waals surface area contributed by atoms with Gasteiger partial charge in [0.25, 0.3) is 0 Å². The number of carbonyl (C=O) groups excluding carboxylic acids is 1. The van der Waals surface area contributed by atoms with E-state index in [1.54, 1.807) is 6.07 Å². The Kier molecular flexibility index (Phi) is 6.91. The first-order valence-electron chi connectivity index (χ1n) is 12.3. The first-order chi connectivity index (χ1) is 16.0. The Morgan fingerprint density at radius 3 is 2.45 bits per heavy atom. The predicted molar refractivity (Wildman–Crippen MR) is 130 cm³/mol. The molecule has 0 spiro atoms. The van der Waals surface area contributed by atoms with Crippen molar-refractivity contribution in [3.8, 4) is 5.75 Å². The molecule has 6 heteroatoms. The van der Waals surface area contributed by atoms with Gasteiger partial charge in [0.05, 0.1) is 17.2 Å². The topological polar surface area (TPSA) is 61.8 Å². The highest BCUT2D eigenvalue weighted by Crippen LogP contribution is 2.34. The zero-order valence-corrected chi connectivity index (χ0v) is 19.8. The second-order valence-electron chi connectivity index (χ2n) is 9.88. The largest absolute Gasteiger partial charge is 0.489 e. The molecule has 2 aromatic carbocycles. The fraction of sp³-hybridized carbons (Fsp3) is 0.519. The maximum atomic E-state index is 13.0. The van der Waals surface area contributed by atoms with E-state index in [4.69, 9.17) is 16.3 Å². The smallest absolute Gasteiger partial charge is 0.220 e. The molecule has 3 aliphatic rings. The molecular formula is C27H33ClN2O3. The Hall–Kier alpha value is -2.08. The number of aliphatic hydroxyl groups is 1. The summed E-state index contributed by atoms with van der Waals surface area (Å²) in [6.07, 6.45) is 6.26. The molecular weight excluding hydrogens is 436 g/mol. The molecule has 5 rings (SSSR count). The Morgan fingerprint density at radius 1 is 1.12 bits per heavy atom. The van der Waals surface area contributed by atoms with Crippen LogP contribution in [0.15, 0.2) is 42.5 Å². The van der Waals surface area contributed by atoms with Gasteiger partial charge in [-0.05, 0) is 86.4 Å². The summed E-state index contributed by atoms with van der Waals surface area (Å²) in [4.78, 5) is 15.4. The number of hydrogen-bond acceptors (Lipinski definition) is 4. The maximum absolute atomic E-state index is 13.0. The van der Waals surface area contributed by atoms with Crippen molar-refractivity contribution in [3.05, 3.63) is 64.2 Å². The molecule has 0 radical (unpaired) electrons. The van der Waals surface area contributed by atoms with Crippen molar-refractivity contribution >= 4 is 17.5 Å². The molecule has 176 valence electrons. The lowest BCUT2D eigenvalue weighted by Gasteiger charge is -2.29. The highest BCUT2D eigenvalue weighted by Gasteiger charge is 2.30. The first-order valence-corrected chi connectivity index (χ1v) is 12.7. The van der Waals surface area contributed by atoms with Crippen molar-refractivity contribution < 1.29 is 14.6 Å². The summed E-state index contributed by atoms with van der Waals surface area (Å²) in [6.45, 7) is 2.65. The predicted octanol–water partition coefficient (Wildman–Crippen LogP) is 4.30. The van der Waals surface area contributed by atoms with Gasteiger partial charge in [0, 0.05) is 13.0 Å². The molecule has 5 nitrogen and oxygen atoms in total. The van der Waals surface area contributed by atoms with Gasteiger partial charge in [-0.1, -0.05) is 41.9 Å². The number of hydrogen-bond donors (Lipinski definition) is 2. The molecule has 1 saturated heterocycles. The minimum Gasteiger partial charge on any atom is -0.489 e. The Morgan fingerprint density at radius 2 is 1.82 bits per heavy atom. The van der Waals surface area contributed by atoms with E-state index in [9.17, 15) is 9.90 Å². The molecule has 0 aromatic heterocycles. The molecule has 0 bridgehead atoms. The van der Waals surface area contributed by atoms with Crippen LogP contribution < -0.4 is 10.1 Å². The third-order valence-corrected chi connectivity index (χ3v) is 7.40. The molecule has 2 aliphatic carbocycles. The number of fused-ring (bicyclic) bond motifs is 1. The molecule has 1 amide bonds. The van der Waals surface area contributed by atoms with Crippen LogP contribution in [0.25, 0.3) is 0 Å². The molecule has 2 unspecified atom stereocenters. The number of amides is 1. The second-order valence-corrected chi connectivity index (χ2v) is 10.3. The van der Waals surface area contributed by atoms with Gasteiger partial charge >= 0.3 is 0 Å². The van der Waals surface area contributed by atoms with Gasteiger partial charge in [0.2, 0.25) is 5.91 Å². The Labute approximate surface area is 201 Å². The van der Waals surface area contributed by atoms with Gasteiger partial charge in [-0.15, -0.1) is 0 Å². The summed E-state index contributed by atoms with van der Waals surface area (Å²) >= 11 is 6.45. The summed E-state index contributed by atoms with van der Waals surface area (Å²) < 4.78 is 5.83. The van der Waals surface area contributed by atoms with Crippen molar-refractivity contribution in [1.82, 2.24) is 10.2 Å². The summed E-state index contributed by atoms with van der Waals surface area (Å²) in [6, 6.07) is 13.5. The number of nitrogens with one attached hydrogen (secondary N) is 1. The fourth-order valence-corrected chi connectivity index (χ4v) is 5.42. The zero-order valence-electron chi connectivity index (χ0n) is 19.0. The SMILES string of the molecule is O=C(CC1Cc2ccccc2C1)NC(CN1CCCC1)C(O)c1ccc(OC2CC2)c(Cl)c1. The lowest BCUT2D eigenvalue weighted by Crippen LogP contribution is -2.47. The van der Waals surface area contributed by atoms with Crippen LogP contribution in [0, 0.1) is 5.92 Å². The highest BCUT2D eigenvalue weighted by atomic mass is 35.5. The van der Waals surface area contributed by atoms with E-state index in [0.29, 0.717) is 35.2 Å². The number of nitrogens with zero attached hydrogens (tertiary/aromatic N) is 1. The van der Waals surface area contributed by atoms with Crippen LogP contribution in [0.3, 0.4) is 0 Å². The van der Waals surface area contributed by atoms with Crippen LogP contribution in [0.4, 0.5) is 0 Å². The summed E-state index contributed by atoms with van der Waals surface area (Å²) in [5.74, 6) is 0.993. The van der Waals surface area contributed by atoms with E-state index in [1.165, 1.54) is 11.1 Å². The number of carbonyl (C=O) groups is 1. The molecule has 1 aliphatic heterocycles. The quantitative estimate of drug-likeness (QED) is 0.576. The molecule has 1 heterocycles. The average molecular weight is 469 g/mol. The third kappa shape index (κ3) is 5.71. The highest BCUT2D eigenvalue weighted by molar-refractivity contribution is 6.32. The Balaban J connectivity index is 1.25. The van der Waals surface area contributed by atoms with Gasteiger partial charge in [0.1, 0.15) is 11.9 Å². The van der Waals surface area contributed by atoms with Crippen LogP contribution in [0.2, 0.25) is 5.02 Å². The Bertz CT molecular complexity index is 962. The van der Waals surface area contributed by atoms with E-state index in [2.05, 4.69) is 34.5 Å². The third-order valence-electron chi connectivity index (χ3n) is 7.11. The molecule has 2 atom stereocenters. The van der Waals surface area contributed by atoms with E-state index in [-0.39, 0.29) is 18.1 Å². The molecule has 2 N–H and O–H groups in total. The molecule has 2 fully saturated rings. The lowest BCUT2D eigenvalue weighted by atomic mass is 9.99. The van der Waals surface area contributed by atoms with Crippen molar-refractivity contribution in [3.63, 3.8) is 0 Å². The number of halogens is 1. The number of likely N-dealkylation sites (tertiary alicyclic amines) is 1. The first kappa shape index (κ1) is 22.7. The van der Waals surface area contributed by atoms with E-state index in [1.807, 2.05) is 12.1 Å². The standard InChI is InChI=1S/C27H33ClN2O3/c28-23-16-21(7-10-25(23)33-22-8-9-22)27(32)24(17-30-11-3-4-12-30)29-26(31)15-18-13-19-5-1-2-6-20(19)14-18/h1-2,5-7,10,16,18,22,24,27,32H,3-4,8-9,11-15,17H2,(H,29,31). The lowest BCUT2D eigenvalue weighted by molar-refractivity contribution is -0.123. The van der Waals surface area contributed by atoms with Crippen LogP contribution >= 0.6 is 11.6 Å². The van der Waals surface area contributed by atoms with Gasteiger partial charge in [-0.25, -0.2) is 0 Å². The van der Waals surface area contributed by atoms with Crippen LogP contribution in [-0.2, 0) is 17.6 Å². The number of ether oxygens (including phenoxy) is 1. The number of benzene rings is 2. The van der Waals surface area contributed by atoms with Gasteiger partial charge in [-0.3, -0.25) is 4.79 Å². The fourth-order valence-electron chi connectivity index (χ4n) is 5.18. The average Bonchev–Trinajstić information content (AvgIpc) is 3.29. The van der Waals surface area contributed by atoms with Gasteiger partial charge in [0.15, 0.2) is 0 Å². The van der Waals surface area contributed by atoms with E-state index in [0.717, 1.165) is 51.6 Å². The van der Waals surface area contributed by atoms with Gasteiger partial charge < -0.3 is 20.1 Å². The monoisotopic (exact) mass is 468 g/mol. The van der Waals surface area contributed by atoms with Crippen LogP contribution in [0.1, 0.15) is 54.9 Å². The van der Waals surface area contributed by atoms with E-state index < -0.39 is 6.10 Å². The van der Waals surface area contributed by atoms with E-state index >= 15 is 0 Å². The van der Waals surface area contributed by atoms with Crippen molar-refractivity contribution in [2.75, 3.05) is 19.6 Å². The summed E-state index contributed by atoms with van der Waals surface area (Å²) in [7, 11) is 0. The minimum absolute atomic E-state index is 0.0100. The molecule has 1 saturated carbocycles. The van der Waals surface area contributed by atoms with Crippen LogP contribution in [-0.4, -0.2) is 47.7 Å². The maximum Gasteiger partial charge on any atom is 0.220 e. The zero-order chi connectivity index (χ0) is 22.8. The number of aliphatic hydroxyl groups excluding tert-OH is 1. The van der Waals surface area contributed by atoms with Crippen molar-refractivity contribution in [2.45, 2.75) is 63.2 Å². The van der Waals surface area contributed by atoms with Gasteiger partial charge in [-0.2, -0.15) is 0 Å². The van der Waals surface area contributed by atoms with Crippen molar-refractivity contribution in [2.24, 2.45) is 5.92 Å². The second kappa shape index (κ2) is 10.0. The van der Waals surface area contributed by atoms with Crippen molar-refractivity contribution in [1.29, 1.82) is 0 Å². The molecule has 33 heavy (non-hydrogen) atoms. The minimum atomic E-state index is -0.831. The normalized spacial score (nSPS) is 20.4.